The van der Waals surface area contributed by atoms with Gasteiger partial charge < -0.3 is 15.2 Å². The summed E-state index contributed by atoms with van der Waals surface area (Å²) in [5.41, 5.74) is 0.916. The molecule has 0 heterocycles. The van der Waals surface area contributed by atoms with Crippen LogP contribution in [-0.4, -0.2) is 31.5 Å². The van der Waals surface area contributed by atoms with Crippen molar-refractivity contribution in [3.8, 4) is 0 Å². The second-order valence-electron chi connectivity index (χ2n) is 5.64. The number of halogens is 1. The Balaban J connectivity index is 2.63. The Hall–Kier alpha value is -0.970. The minimum Gasteiger partial charge on any atom is -0.394 e. The minimum atomic E-state index is -0.218. The van der Waals surface area contributed by atoms with Gasteiger partial charge in [0.25, 0.3) is 0 Å². The van der Waals surface area contributed by atoms with Crippen LogP contribution in [0.15, 0.2) is 24.3 Å². The van der Waals surface area contributed by atoms with Gasteiger partial charge in [0.2, 0.25) is 0 Å². The summed E-state index contributed by atoms with van der Waals surface area (Å²) in [6, 6.07) is 6.74. The molecule has 0 aliphatic rings. The first-order valence-electron chi connectivity index (χ1n) is 6.62. The number of aliphatic hydroxyl groups is 1. The van der Waals surface area contributed by atoms with Crippen molar-refractivity contribution < 1.29 is 14.2 Å². The Morgan fingerprint density at radius 2 is 2.05 bits per heavy atom. The Bertz CT molecular complexity index is 377. The number of aliphatic hydroxyl groups excluding tert-OH is 1. The molecule has 1 unspecified atom stereocenters. The molecule has 0 saturated heterocycles. The molecule has 4 heteroatoms. The number of hydrogen-bond donors (Lipinski definition) is 2. The van der Waals surface area contributed by atoms with Gasteiger partial charge in [-0.3, -0.25) is 0 Å². The summed E-state index contributed by atoms with van der Waals surface area (Å²) in [4.78, 5) is 0. The lowest BCUT2D eigenvalue weighted by molar-refractivity contribution is 0.0896. The quantitative estimate of drug-likeness (QED) is 0.747. The normalized spacial score (nSPS) is 13.5. The summed E-state index contributed by atoms with van der Waals surface area (Å²) < 4.78 is 18.5. The smallest absolute Gasteiger partial charge is 0.123 e. The molecule has 0 fully saturated rings. The Morgan fingerprint density at radius 1 is 1.32 bits per heavy atom. The van der Waals surface area contributed by atoms with Crippen molar-refractivity contribution in [1.29, 1.82) is 0 Å². The maximum Gasteiger partial charge on any atom is 0.123 e. The molecule has 1 rings (SSSR count). The zero-order valence-electron chi connectivity index (χ0n) is 11.9. The van der Waals surface area contributed by atoms with Gasteiger partial charge >= 0.3 is 0 Å². The second-order valence-corrected chi connectivity index (χ2v) is 5.64. The van der Waals surface area contributed by atoms with Gasteiger partial charge in [-0.15, -0.1) is 0 Å². The van der Waals surface area contributed by atoms with Crippen LogP contribution in [0, 0.1) is 11.2 Å². The predicted molar refractivity (Wildman–Crippen MR) is 74.5 cm³/mol. The molecule has 1 aromatic rings. The van der Waals surface area contributed by atoms with Crippen LogP contribution in [0.4, 0.5) is 4.39 Å². The fourth-order valence-electron chi connectivity index (χ4n) is 2.05. The number of nitrogens with one attached hydrogen (secondary N) is 1. The van der Waals surface area contributed by atoms with Crippen LogP contribution < -0.4 is 5.32 Å². The molecule has 0 aliphatic carbocycles. The lowest BCUT2D eigenvalue weighted by atomic mass is 9.82. The van der Waals surface area contributed by atoms with Crippen molar-refractivity contribution in [2.24, 2.45) is 5.41 Å². The molecule has 0 bridgehead atoms. The fraction of sp³-hybridized carbons (Fsp3) is 0.600. The summed E-state index contributed by atoms with van der Waals surface area (Å²) >= 11 is 0. The molecule has 0 aliphatic heterocycles. The number of ether oxygens (including phenoxy) is 1. The number of benzene rings is 1. The predicted octanol–water partition coefficient (Wildman–Crippen LogP) is 2.51. The van der Waals surface area contributed by atoms with E-state index in [2.05, 4.69) is 26.1 Å². The SMILES string of the molecule is CC(C)(C)C(NCCOCCO)c1cccc(F)c1. The van der Waals surface area contributed by atoms with Gasteiger partial charge in [0.15, 0.2) is 0 Å². The van der Waals surface area contributed by atoms with E-state index in [1.165, 1.54) is 6.07 Å². The summed E-state index contributed by atoms with van der Waals surface area (Å²) in [5, 5.41) is 12.0. The first-order valence-corrected chi connectivity index (χ1v) is 6.62. The van der Waals surface area contributed by atoms with E-state index < -0.39 is 0 Å². The molecule has 0 spiro atoms. The van der Waals surface area contributed by atoms with E-state index >= 15 is 0 Å². The first-order chi connectivity index (χ1) is 8.95. The molecule has 1 atom stereocenters. The Morgan fingerprint density at radius 3 is 2.63 bits per heavy atom. The lowest BCUT2D eigenvalue weighted by Crippen LogP contribution is -2.34. The standard InChI is InChI=1S/C15H24FNO2/c1-15(2,3)14(17-7-9-19-10-8-18)12-5-4-6-13(16)11-12/h4-6,11,14,17-18H,7-10H2,1-3H3. The van der Waals surface area contributed by atoms with E-state index in [9.17, 15) is 4.39 Å². The van der Waals surface area contributed by atoms with Crippen LogP contribution in [0.2, 0.25) is 0 Å². The molecule has 2 N–H and O–H groups in total. The van der Waals surface area contributed by atoms with Crippen molar-refractivity contribution in [3.63, 3.8) is 0 Å². The summed E-state index contributed by atoms with van der Waals surface area (Å²) in [5.74, 6) is -0.218. The maximum absolute atomic E-state index is 13.3. The van der Waals surface area contributed by atoms with Crippen LogP contribution >= 0.6 is 0 Å². The van der Waals surface area contributed by atoms with E-state index in [0.717, 1.165) is 5.56 Å². The summed E-state index contributed by atoms with van der Waals surface area (Å²) in [7, 11) is 0. The van der Waals surface area contributed by atoms with Crippen molar-refractivity contribution in [1.82, 2.24) is 5.32 Å². The average molecular weight is 269 g/mol. The molecule has 3 nitrogen and oxygen atoms in total. The van der Waals surface area contributed by atoms with Gasteiger partial charge in [0.1, 0.15) is 5.82 Å². The molecule has 0 saturated carbocycles. The van der Waals surface area contributed by atoms with Gasteiger partial charge in [-0.2, -0.15) is 0 Å². The fourth-order valence-corrected chi connectivity index (χ4v) is 2.05. The zero-order chi connectivity index (χ0) is 14.3. The minimum absolute atomic E-state index is 0.0230. The molecule has 108 valence electrons. The van der Waals surface area contributed by atoms with Gasteiger partial charge in [-0.1, -0.05) is 32.9 Å². The van der Waals surface area contributed by atoms with Gasteiger partial charge in [-0.05, 0) is 23.1 Å². The third kappa shape index (κ3) is 5.68. The monoisotopic (exact) mass is 269 g/mol. The topological polar surface area (TPSA) is 41.5 Å². The van der Waals surface area contributed by atoms with E-state index in [1.807, 2.05) is 6.07 Å². The van der Waals surface area contributed by atoms with E-state index in [-0.39, 0.29) is 23.9 Å². The second kappa shape index (κ2) is 7.58. The maximum atomic E-state index is 13.3. The number of hydrogen-bond acceptors (Lipinski definition) is 3. The van der Waals surface area contributed by atoms with Crippen molar-refractivity contribution >= 4 is 0 Å². The van der Waals surface area contributed by atoms with E-state index in [1.54, 1.807) is 12.1 Å². The highest BCUT2D eigenvalue weighted by molar-refractivity contribution is 5.21. The molecule has 19 heavy (non-hydrogen) atoms. The molecule has 0 amide bonds. The number of rotatable bonds is 7. The average Bonchev–Trinajstić information content (AvgIpc) is 2.32. The van der Waals surface area contributed by atoms with Crippen molar-refractivity contribution in [3.05, 3.63) is 35.6 Å². The van der Waals surface area contributed by atoms with Gasteiger partial charge in [-0.25, -0.2) is 4.39 Å². The molecular weight excluding hydrogens is 245 g/mol. The van der Waals surface area contributed by atoms with Gasteiger partial charge in [0, 0.05) is 12.6 Å². The highest BCUT2D eigenvalue weighted by atomic mass is 19.1. The highest BCUT2D eigenvalue weighted by Crippen LogP contribution is 2.32. The molecule has 0 aromatic heterocycles. The third-order valence-corrected chi connectivity index (χ3v) is 2.88. The van der Waals surface area contributed by atoms with Crippen LogP contribution in [-0.2, 0) is 4.74 Å². The first kappa shape index (κ1) is 16.1. The Labute approximate surface area is 114 Å². The molecule has 1 aromatic carbocycles. The van der Waals surface area contributed by atoms with E-state index in [4.69, 9.17) is 9.84 Å². The largest absolute Gasteiger partial charge is 0.394 e. The van der Waals surface area contributed by atoms with Crippen LogP contribution in [0.1, 0.15) is 32.4 Å². The van der Waals surface area contributed by atoms with Gasteiger partial charge in [0.05, 0.1) is 19.8 Å². The van der Waals surface area contributed by atoms with Crippen molar-refractivity contribution in [2.75, 3.05) is 26.4 Å². The van der Waals surface area contributed by atoms with E-state index in [0.29, 0.717) is 19.8 Å². The Kier molecular flexibility index (Phi) is 6.42. The lowest BCUT2D eigenvalue weighted by Gasteiger charge is -2.32. The third-order valence-electron chi connectivity index (χ3n) is 2.88. The van der Waals surface area contributed by atoms with Crippen molar-refractivity contribution in [2.45, 2.75) is 26.8 Å². The highest BCUT2D eigenvalue weighted by Gasteiger charge is 2.25. The van der Waals surface area contributed by atoms with Crippen LogP contribution in [0.25, 0.3) is 0 Å². The summed E-state index contributed by atoms with van der Waals surface area (Å²) in [6.45, 7) is 7.92. The summed E-state index contributed by atoms with van der Waals surface area (Å²) in [6.07, 6.45) is 0. The molecular formula is C15H24FNO2. The van der Waals surface area contributed by atoms with Crippen LogP contribution in [0.5, 0.6) is 0 Å². The van der Waals surface area contributed by atoms with Crippen LogP contribution in [0.3, 0.4) is 0 Å². The molecule has 0 radical (unpaired) electrons. The zero-order valence-corrected chi connectivity index (χ0v) is 11.9.